The molecule has 1 fully saturated rings. The maximum absolute atomic E-state index is 5.97. The minimum Gasteiger partial charge on any atom is -0.378 e. The number of aliphatic imine (C=N–C) groups is 1. The molecule has 29 heavy (non-hydrogen) atoms. The van der Waals surface area contributed by atoms with Crippen molar-refractivity contribution in [2.45, 2.75) is 45.1 Å². The summed E-state index contributed by atoms with van der Waals surface area (Å²) in [6.45, 7) is 6.22. The largest absolute Gasteiger partial charge is 0.378 e. The number of benzene rings is 2. The van der Waals surface area contributed by atoms with Crippen molar-refractivity contribution in [1.82, 2.24) is 0 Å². The number of hydrogen-bond acceptors (Lipinski definition) is 3. The maximum atomic E-state index is 5.97. The van der Waals surface area contributed by atoms with E-state index in [0.29, 0.717) is 11.8 Å². The normalized spacial score (nSPS) is 19.9. The fourth-order valence-corrected chi connectivity index (χ4v) is 4.37. The Hall–Kier alpha value is -2.13. The molecule has 0 spiro atoms. The summed E-state index contributed by atoms with van der Waals surface area (Å²) in [5, 5.41) is 0. The molecule has 0 saturated carbocycles. The Morgan fingerprint density at radius 1 is 1.10 bits per heavy atom. The van der Waals surface area contributed by atoms with Gasteiger partial charge in [0.25, 0.3) is 0 Å². The molecule has 1 aliphatic rings. The van der Waals surface area contributed by atoms with Gasteiger partial charge in [-0.1, -0.05) is 42.5 Å². The predicted octanol–water partition coefficient (Wildman–Crippen LogP) is 5.63. The Morgan fingerprint density at radius 3 is 2.48 bits per heavy atom. The first kappa shape index (κ1) is 21.6. The van der Waals surface area contributed by atoms with Crippen molar-refractivity contribution < 1.29 is 4.74 Å². The van der Waals surface area contributed by atoms with Crippen LogP contribution in [0.3, 0.4) is 0 Å². The van der Waals surface area contributed by atoms with Crippen LogP contribution in [0.1, 0.15) is 44.2 Å². The molecule has 0 aromatic heterocycles. The van der Waals surface area contributed by atoms with Crippen LogP contribution in [0.5, 0.6) is 0 Å². The van der Waals surface area contributed by atoms with Gasteiger partial charge in [0.1, 0.15) is 0 Å². The number of nitrogens with zero attached hydrogens (tertiary/aromatic N) is 2. The van der Waals surface area contributed by atoms with Gasteiger partial charge in [-0.25, -0.2) is 0 Å². The molecule has 2 aromatic carbocycles. The van der Waals surface area contributed by atoms with Gasteiger partial charge in [0.15, 0.2) is 0 Å². The molecule has 3 heteroatoms. The number of rotatable bonds is 8. The van der Waals surface area contributed by atoms with E-state index in [0.717, 1.165) is 38.8 Å². The lowest BCUT2D eigenvalue weighted by atomic mass is 9.76. The summed E-state index contributed by atoms with van der Waals surface area (Å²) in [7, 11) is 4.13. The molecule has 0 aliphatic carbocycles. The molecule has 156 valence electrons. The zero-order valence-corrected chi connectivity index (χ0v) is 18.5. The topological polar surface area (TPSA) is 24.8 Å². The van der Waals surface area contributed by atoms with Gasteiger partial charge in [0.05, 0.1) is 5.60 Å². The highest BCUT2D eigenvalue weighted by molar-refractivity contribution is 5.80. The molecule has 2 atom stereocenters. The highest BCUT2D eigenvalue weighted by Gasteiger charge is 2.33. The minimum absolute atomic E-state index is 0.00466. The van der Waals surface area contributed by atoms with Gasteiger partial charge < -0.3 is 9.64 Å². The molecule has 0 amide bonds. The third kappa shape index (κ3) is 6.71. The lowest BCUT2D eigenvalue weighted by Crippen LogP contribution is -2.37. The first-order valence-corrected chi connectivity index (χ1v) is 10.9. The lowest BCUT2D eigenvalue weighted by molar-refractivity contribution is -0.0829. The molecule has 1 saturated heterocycles. The second-order valence-corrected chi connectivity index (χ2v) is 9.12. The maximum Gasteiger partial charge on any atom is 0.0629 e. The molecular formula is C26H36N2O. The number of hydrogen-bond donors (Lipinski definition) is 0. The Bertz CT molecular complexity index is 765. The lowest BCUT2D eigenvalue weighted by Gasteiger charge is -2.39. The van der Waals surface area contributed by atoms with Crippen molar-refractivity contribution in [3.05, 3.63) is 65.7 Å². The van der Waals surface area contributed by atoms with E-state index in [1.807, 2.05) is 6.21 Å². The van der Waals surface area contributed by atoms with Crippen LogP contribution in [0.2, 0.25) is 0 Å². The van der Waals surface area contributed by atoms with E-state index in [4.69, 9.17) is 9.73 Å². The van der Waals surface area contributed by atoms with Crippen LogP contribution in [0, 0.1) is 11.8 Å². The van der Waals surface area contributed by atoms with Crippen LogP contribution in [0.25, 0.3) is 0 Å². The molecule has 0 radical (unpaired) electrons. The van der Waals surface area contributed by atoms with Crippen LogP contribution >= 0.6 is 0 Å². The van der Waals surface area contributed by atoms with Gasteiger partial charge in [-0.15, -0.1) is 0 Å². The summed E-state index contributed by atoms with van der Waals surface area (Å²) >= 11 is 0. The zero-order valence-electron chi connectivity index (χ0n) is 18.5. The standard InChI is InChI=1S/C26H36N2O/c1-26(2)19-24(15-17-29-26)23(18-21-8-6-5-7-9-21)14-16-27-20-22-10-12-25(13-11-22)28(3)4/h5-13,20,23-24H,14-19H2,1-4H3/t23-,24-/m0/s1. The number of ether oxygens (including phenoxy) is 1. The molecule has 2 aromatic rings. The summed E-state index contributed by atoms with van der Waals surface area (Å²) in [4.78, 5) is 6.87. The van der Waals surface area contributed by atoms with Crippen LogP contribution in [0.4, 0.5) is 5.69 Å². The second kappa shape index (κ2) is 10.1. The third-order valence-corrected chi connectivity index (χ3v) is 6.02. The van der Waals surface area contributed by atoms with Gasteiger partial charge in [0.2, 0.25) is 0 Å². The van der Waals surface area contributed by atoms with Crippen molar-refractivity contribution in [2.24, 2.45) is 16.8 Å². The SMILES string of the molecule is CN(C)c1ccc(C=NCC[C@@H](Cc2ccccc2)[C@H]2CCOC(C)(C)C2)cc1. The van der Waals surface area contributed by atoms with Crippen LogP contribution in [-0.2, 0) is 11.2 Å². The van der Waals surface area contributed by atoms with Gasteiger partial charge in [0, 0.05) is 39.1 Å². The van der Waals surface area contributed by atoms with Crippen molar-refractivity contribution in [3.63, 3.8) is 0 Å². The average molecular weight is 393 g/mol. The molecule has 3 rings (SSSR count). The Balaban J connectivity index is 1.61. The van der Waals surface area contributed by atoms with Gasteiger partial charge in [-0.2, -0.15) is 0 Å². The average Bonchev–Trinajstić information content (AvgIpc) is 2.70. The van der Waals surface area contributed by atoms with E-state index in [9.17, 15) is 0 Å². The van der Waals surface area contributed by atoms with E-state index in [1.165, 1.54) is 16.8 Å². The monoisotopic (exact) mass is 392 g/mol. The van der Waals surface area contributed by atoms with E-state index in [-0.39, 0.29) is 5.60 Å². The van der Waals surface area contributed by atoms with E-state index in [1.54, 1.807) is 0 Å². The molecule has 0 bridgehead atoms. The second-order valence-electron chi connectivity index (χ2n) is 9.12. The zero-order chi connectivity index (χ0) is 20.7. The smallest absolute Gasteiger partial charge is 0.0629 e. The summed E-state index contributed by atoms with van der Waals surface area (Å²) in [6, 6.07) is 19.5. The molecule has 0 unspecified atom stereocenters. The Kier molecular flexibility index (Phi) is 7.49. The molecule has 1 aliphatic heterocycles. The first-order valence-electron chi connectivity index (χ1n) is 10.9. The summed E-state index contributed by atoms with van der Waals surface area (Å²) in [5.41, 5.74) is 3.81. The molecule has 1 heterocycles. The van der Waals surface area contributed by atoms with Crippen molar-refractivity contribution in [3.8, 4) is 0 Å². The quantitative estimate of drug-likeness (QED) is 0.544. The van der Waals surface area contributed by atoms with Crippen molar-refractivity contribution in [1.29, 1.82) is 0 Å². The van der Waals surface area contributed by atoms with Gasteiger partial charge >= 0.3 is 0 Å². The molecular weight excluding hydrogens is 356 g/mol. The van der Waals surface area contributed by atoms with E-state index in [2.05, 4.69) is 87.4 Å². The molecule has 0 N–H and O–H groups in total. The number of anilines is 1. The fraction of sp³-hybridized carbons (Fsp3) is 0.500. The van der Waals surface area contributed by atoms with E-state index >= 15 is 0 Å². The highest BCUT2D eigenvalue weighted by atomic mass is 16.5. The summed E-state index contributed by atoms with van der Waals surface area (Å²) < 4.78 is 5.97. The highest BCUT2D eigenvalue weighted by Crippen LogP contribution is 2.36. The van der Waals surface area contributed by atoms with Crippen LogP contribution in [0.15, 0.2) is 59.6 Å². The first-order chi connectivity index (χ1) is 13.9. The van der Waals surface area contributed by atoms with E-state index < -0.39 is 0 Å². The van der Waals surface area contributed by atoms with Crippen molar-refractivity contribution in [2.75, 3.05) is 32.1 Å². The summed E-state index contributed by atoms with van der Waals surface area (Å²) in [5.74, 6) is 1.35. The van der Waals surface area contributed by atoms with Crippen molar-refractivity contribution >= 4 is 11.9 Å². The van der Waals surface area contributed by atoms with Crippen LogP contribution < -0.4 is 4.90 Å². The minimum atomic E-state index is -0.00466. The van der Waals surface area contributed by atoms with Gasteiger partial charge in [-0.3, -0.25) is 4.99 Å². The molecule has 3 nitrogen and oxygen atoms in total. The van der Waals surface area contributed by atoms with Crippen LogP contribution in [-0.4, -0.2) is 39.1 Å². The van der Waals surface area contributed by atoms with Gasteiger partial charge in [-0.05, 0) is 74.6 Å². The Morgan fingerprint density at radius 2 is 1.83 bits per heavy atom. The Labute approximate surface area is 176 Å². The third-order valence-electron chi connectivity index (χ3n) is 6.02. The predicted molar refractivity (Wildman–Crippen MR) is 124 cm³/mol. The summed E-state index contributed by atoms with van der Waals surface area (Å²) in [6.07, 6.45) is 6.58. The fourth-order valence-electron chi connectivity index (χ4n) is 4.37.